The largest absolute Gasteiger partial charge is 0.497 e. The van der Waals surface area contributed by atoms with Gasteiger partial charge < -0.3 is 19.7 Å². The predicted octanol–water partition coefficient (Wildman–Crippen LogP) is 4.08. The Balaban J connectivity index is 0.00000320. The normalized spacial score (nSPS) is 24.7. The van der Waals surface area contributed by atoms with Gasteiger partial charge in [0.1, 0.15) is 5.75 Å². The number of halogens is 1. The molecule has 2 aliphatic rings. The number of hydrogen-bond donors (Lipinski definition) is 1. The van der Waals surface area contributed by atoms with Crippen LogP contribution in [0.15, 0.2) is 24.3 Å². The van der Waals surface area contributed by atoms with E-state index in [1.54, 1.807) is 7.11 Å². The molecule has 0 bridgehead atoms. The first-order chi connectivity index (χ1) is 14.2. The predicted molar refractivity (Wildman–Crippen MR) is 123 cm³/mol. The fourth-order valence-electron chi connectivity index (χ4n) is 4.91. The first kappa shape index (κ1) is 25.0. The van der Waals surface area contributed by atoms with Crippen molar-refractivity contribution >= 4 is 18.3 Å². The Morgan fingerprint density at radius 3 is 2.83 bits per heavy atom. The molecule has 1 saturated carbocycles. The van der Waals surface area contributed by atoms with E-state index >= 15 is 0 Å². The topological polar surface area (TPSA) is 50.8 Å². The number of methoxy groups -OCH3 is 1. The molecule has 1 aliphatic heterocycles. The number of nitrogens with one attached hydrogen (secondary N) is 1. The second-order valence-electron chi connectivity index (χ2n) is 8.67. The Morgan fingerprint density at radius 2 is 2.03 bits per heavy atom. The molecule has 2 fully saturated rings. The minimum atomic E-state index is 0. The van der Waals surface area contributed by atoms with Crippen LogP contribution < -0.4 is 10.1 Å². The maximum atomic E-state index is 12.7. The summed E-state index contributed by atoms with van der Waals surface area (Å²) in [6, 6.07) is 8.10. The van der Waals surface area contributed by atoms with Gasteiger partial charge in [0, 0.05) is 25.7 Å². The van der Waals surface area contributed by atoms with E-state index in [2.05, 4.69) is 17.1 Å². The van der Waals surface area contributed by atoms with Crippen LogP contribution in [0.25, 0.3) is 0 Å². The van der Waals surface area contributed by atoms with Crippen LogP contribution in [0.5, 0.6) is 5.75 Å². The fourth-order valence-corrected chi connectivity index (χ4v) is 4.91. The third-order valence-electron chi connectivity index (χ3n) is 6.41. The number of benzene rings is 1. The van der Waals surface area contributed by atoms with Crippen molar-refractivity contribution < 1.29 is 14.3 Å². The lowest BCUT2D eigenvalue weighted by molar-refractivity contribution is -0.121. The van der Waals surface area contributed by atoms with Gasteiger partial charge >= 0.3 is 0 Å². The second kappa shape index (κ2) is 13.2. The number of likely N-dealkylation sites (tertiary alicyclic amines) is 1. The van der Waals surface area contributed by atoms with Crippen molar-refractivity contribution in [1.29, 1.82) is 0 Å². The smallest absolute Gasteiger partial charge is 0.224 e. The molecule has 1 saturated heterocycles. The van der Waals surface area contributed by atoms with E-state index in [1.165, 1.54) is 38.6 Å². The molecule has 1 amide bonds. The van der Waals surface area contributed by atoms with Crippen LogP contribution >= 0.6 is 12.4 Å². The Bertz CT molecular complexity index is 643. The molecule has 0 spiro atoms. The van der Waals surface area contributed by atoms with E-state index in [9.17, 15) is 4.79 Å². The van der Waals surface area contributed by atoms with Crippen molar-refractivity contribution in [1.82, 2.24) is 10.2 Å². The molecule has 0 aromatic heterocycles. The number of carbonyl (C=O) groups excluding carboxylic acids is 1. The van der Waals surface area contributed by atoms with Crippen LogP contribution in [0.2, 0.25) is 0 Å². The van der Waals surface area contributed by atoms with Gasteiger partial charge in [-0.05, 0) is 68.7 Å². The van der Waals surface area contributed by atoms with Crippen LogP contribution in [0.3, 0.4) is 0 Å². The third kappa shape index (κ3) is 7.75. The molecule has 3 atom stereocenters. The molecular weight excluding hydrogens is 400 g/mol. The van der Waals surface area contributed by atoms with Gasteiger partial charge in [0.15, 0.2) is 0 Å². The van der Waals surface area contributed by atoms with Gasteiger partial charge in [-0.25, -0.2) is 0 Å². The third-order valence-corrected chi connectivity index (χ3v) is 6.41. The van der Waals surface area contributed by atoms with Crippen LogP contribution in [0.1, 0.15) is 51.0 Å². The number of amides is 1. The summed E-state index contributed by atoms with van der Waals surface area (Å²) in [6.45, 7) is 7.19. The molecule has 3 rings (SSSR count). The fraction of sp³-hybridized carbons (Fsp3) is 0.708. The number of rotatable bonds is 9. The summed E-state index contributed by atoms with van der Waals surface area (Å²) in [4.78, 5) is 15.3. The molecule has 0 radical (unpaired) electrons. The Hall–Kier alpha value is -1.30. The van der Waals surface area contributed by atoms with Gasteiger partial charge in [0.2, 0.25) is 5.91 Å². The number of hydrogen-bond acceptors (Lipinski definition) is 4. The number of carbonyl (C=O) groups is 1. The second-order valence-corrected chi connectivity index (χ2v) is 8.67. The highest BCUT2D eigenvalue weighted by Crippen LogP contribution is 2.27. The number of piperidine rings is 1. The first-order valence-corrected chi connectivity index (χ1v) is 11.4. The molecule has 170 valence electrons. The van der Waals surface area contributed by atoms with Crippen LogP contribution in [0.4, 0.5) is 0 Å². The van der Waals surface area contributed by atoms with Gasteiger partial charge in [0.05, 0.1) is 20.1 Å². The quantitative estimate of drug-likeness (QED) is 0.631. The monoisotopic (exact) mass is 438 g/mol. The molecule has 6 heteroatoms. The average Bonchev–Trinajstić information content (AvgIpc) is 2.74. The highest BCUT2D eigenvalue weighted by atomic mass is 35.5. The summed E-state index contributed by atoms with van der Waals surface area (Å²) < 4.78 is 10.9. The highest BCUT2D eigenvalue weighted by Gasteiger charge is 2.30. The Labute approximate surface area is 188 Å². The molecule has 5 nitrogen and oxygen atoms in total. The lowest BCUT2D eigenvalue weighted by atomic mass is 9.83. The standard InChI is InChI=1S/C24H38N2O3.ClH/c1-3-29-18-20-9-7-13-26(16-20)17-21-10-4-5-12-23(21)25-24(27)15-19-8-6-11-22(14-19)28-2;/h6,8,11,14,20-21,23H,3-5,7,9-10,12-13,15-18H2,1-2H3,(H,25,27);1H/t20-,21-,23+;/m1./s1. The Morgan fingerprint density at radius 1 is 1.20 bits per heavy atom. The van der Waals surface area contributed by atoms with E-state index in [4.69, 9.17) is 9.47 Å². The molecule has 30 heavy (non-hydrogen) atoms. The zero-order valence-corrected chi connectivity index (χ0v) is 19.4. The van der Waals surface area contributed by atoms with Crippen molar-refractivity contribution in [2.45, 2.75) is 57.9 Å². The van der Waals surface area contributed by atoms with Gasteiger partial charge in [-0.2, -0.15) is 0 Å². The molecule has 1 aromatic rings. The number of nitrogens with zero attached hydrogens (tertiary/aromatic N) is 1. The average molecular weight is 439 g/mol. The van der Waals surface area contributed by atoms with E-state index in [1.807, 2.05) is 24.3 Å². The molecule has 1 aliphatic carbocycles. The van der Waals surface area contributed by atoms with Crippen LogP contribution in [-0.4, -0.2) is 56.8 Å². The molecule has 1 N–H and O–H groups in total. The van der Waals surface area contributed by atoms with E-state index in [0.717, 1.165) is 44.0 Å². The molecule has 1 heterocycles. The van der Waals surface area contributed by atoms with Crippen LogP contribution in [0, 0.1) is 11.8 Å². The van der Waals surface area contributed by atoms with Crippen molar-refractivity contribution in [2.75, 3.05) is 40.0 Å². The minimum absolute atomic E-state index is 0. The summed E-state index contributed by atoms with van der Waals surface area (Å²) in [5, 5.41) is 3.36. The maximum absolute atomic E-state index is 12.7. The van der Waals surface area contributed by atoms with E-state index in [-0.39, 0.29) is 18.3 Å². The van der Waals surface area contributed by atoms with Gasteiger partial charge in [0.25, 0.3) is 0 Å². The van der Waals surface area contributed by atoms with Crippen molar-refractivity contribution in [3.8, 4) is 5.75 Å². The Kier molecular flexibility index (Phi) is 11.0. The summed E-state index contributed by atoms with van der Waals surface area (Å²) in [5.41, 5.74) is 1.00. The zero-order chi connectivity index (χ0) is 20.5. The van der Waals surface area contributed by atoms with Gasteiger partial charge in [-0.3, -0.25) is 4.79 Å². The SMILES string of the molecule is CCOC[C@@H]1CCCN(C[C@H]2CCCC[C@@H]2NC(=O)Cc2cccc(OC)c2)C1.Cl. The lowest BCUT2D eigenvalue weighted by Gasteiger charge is -2.39. The van der Waals surface area contributed by atoms with Crippen molar-refractivity contribution in [2.24, 2.45) is 11.8 Å². The highest BCUT2D eigenvalue weighted by molar-refractivity contribution is 5.85. The van der Waals surface area contributed by atoms with Gasteiger partial charge in [-0.1, -0.05) is 25.0 Å². The maximum Gasteiger partial charge on any atom is 0.224 e. The van der Waals surface area contributed by atoms with E-state index < -0.39 is 0 Å². The summed E-state index contributed by atoms with van der Waals surface area (Å²) in [7, 11) is 1.66. The lowest BCUT2D eigenvalue weighted by Crippen LogP contribution is -2.48. The molecular formula is C24H39ClN2O3. The summed E-state index contributed by atoms with van der Waals surface area (Å²) >= 11 is 0. The van der Waals surface area contributed by atoms with Crippen molar-refractivity contribution in [3.05, 3.63) is 29.8 Å². The summed E-state index contributed by atoms with van der Waals surface area (Å²) in [6.07, 6.45) is 7.78. The zero-order valence-electron chi connectivity index (χ0n) is 18.6. The number of ether oxygens (including phenoxy) is 2. The van der Waals surface area contributed by atoms with Crippen molar-refractivity contribution in [3.63, 3.8) is 0 Å². The summed E-state index contributed by atoms with van der Waals surface area (Å²) in [5.74, 6) is 2.15. The van der Waals surface area contributed by atoms with Gasteiger partial charge in [-0.15, -0.1) is 12.4 Å². The molecule has 0 unspecified atom stereocenters. The van der Waals surface area contributed by atoms with Crippen LogP contribution in [-0.2, 0) is 16.0 Å². The van der Waals surface area contributed by atoms with E-state index in [0.29, 0.717) is 24.3 Å². The first-order valence-electron chi connectivity index (χ1n) is 11.4. The molecule has 1 aromatic carbocycles. The minimum Gasteiger partial charge on any atom is -0.497 e.